The van der Waals surface area contributed by atoms with Gasteiger partial charge in [-0.2, -0.15) is 0 Å². The van der Waals surface area contributed by atoms with Crippen molar-refractivity contribution in [1.82, 2.24) is 4.98 Å². The molecule has 1 aromatic carbocycles. The molecule has 0 aliphatic heterocycles. The van der Waals surface area contributed by atoms with Crippen LogP contribution in [0.2, 0.25) is 0 Å². The monoisotopic (exact) mass is 287 g/mol. The van der Waals surface area contributed by atoms with Gasteiger partial charge in [-0.05, 0) is 31.5 Å². The van der Waals surface area contributed by atoms with Crippen LogP contribution < -0.4 is 0 Å². The second-order valence-corrected chi connectivity index (χ2v) is 4.71. The molecule has 0 radical (unpaired) electrons. The van der Waals surface area contributed by atoms with E-state index in [0.717, 1.165) is 10.9 Å². The molecular formula is C16H17NO4. The van der Waals surface area contributed by atoms with Crippen molar-refractivity contribution in [2.24, 2.45) is 0 Å². The zero-order valence-corrected chi connectivity index (χ0v) is 12.0. The quantitative estimate of drug-likeness (QED) is 0.520. The minimum absolute atomic E-state index is 0.121. The van der Waals surface area contributed by atoms with Crippen molar-refractivity contribution in [3.05, 3.63) is 48.2 Å². The van der Waals surface area contributed by atoms with Crippen LogP contribution in [-0.4, -0.2) is 22.3 Å². The highest BCUT2D eigenvalue weighted by Gasteiger charge is 2.12. The average Bonchev–Trinajstić information content (AvgIpc) is 2.46. The van der Waals surface area contributed by atoms with Crippen LogP contribution in [0.4, 0.5) is 0 Å². The molecule has 5 nitrogen and oxygen atoms in total. The summed E-state index contributed by atoms with van der Waals surface area (Å²) in [5.41, 5.74) is 1.70. The van der Waals surface area contributed by atoms with E-state index >= 15 is 0 Å². The Hall–Kier alpha value is -2.40. The van der Waals surface area contributed by atoms with Crippen molar-refractivity contribution in [3.63, 3.8) is 0 Å². The smallest absolute Gasteiger partial charge is 0.335 e. The summed E-state index contributed by atoms with van der Waals surface area (Å²) in [6.07, 6.45) is 0.930. The Labute approximate surface area is 122 Å². The molecule has 1 aromatic heterocycles. The molecule has 1 N–H and O–H groups in total. The molecule has 0 bridgehead atoms. The lowest BCUT2D eigenvalue weighted by atomic mass is 10.1. The lowest BCUT2D eigenvalue weighted by molar-refractivity contribution is -0.172. The fourth-order valence-corrected chi connectivity index (χ4v) is 1.84. The van der Waals surface area contributed by atoms with E-state index in [1.54, 1.807) is 38.2 Å². The molecule has 2 rings (SSSR count). The van der Waals surface area contributed by atoms with E-state index in [0.29, 0.717) is 11.1 Å². The molecule has 110 valence electrons. The fourth-order valence-electron chi connectivity index (χ4n) is 1.84. The number of benzene rings is 1. The lowest BCUT2D eigenvalue weighted by Crippen LogP contribution is -2.18. The molecular weight excluding hydrogens is 270 g/mol. The summed E-state index contributed by atoms with van der Waals surface area (Å²) in [7, 11) is 0. The van der Waals surface area contributed by atoms with Gasteiger partial charge in [0.25, 0.3) is 0 Å². The summed E-state index contributed by atoms with van der Waals surface area (Å²) < 4.78 is 10.5. The number of phenolic OH excluding ortho intramolecular Hbond substituents is 1. The number of hydrogen-bond donors (Lipinski definition) is 1. The summed E-state index contributed by atoms with van der Waals surface area (Å²) in [5, 5.41) is 10.6. The molecule has 5 heteroatoms. The van der Waals surface area contributed by atoms with Gasteiger partial charge in [0.05, 0.1) is 6.61 Å². The first-order valence-corrected chi connectivity index (χ1v) is 6.52. The second-order valence-electron chi connectivity index (χ2n) is 4.71. The number of aromatic hydroxyl groups is 1. The maximum absolute atomic E-state index is 11.4. The number of aromatic nitrogens is 1. The van der Waals surface area contributed by atoms with Crippen molar-refractivity contribution in [1.29, 1.82) is 0 Å². The minimum atomic E-state index is -0.685. The third-order valence-electron chi connectivity index (χ3n) is 2.93. The fraction of sp³-hybridized carbons (Fsp3) is 0.250. The molecule has 0 spiro atoms. The van der Waals surface area contributed by atoms with Crippen LogP contribution in [0.1, 0.15) is 19.4 Å². The highest BCUT2D eigenvalue weighted by atomic mass is 16.7. The number of carbonyl (C=O) groups is 1. The van der Waals surface area contributed by atoms with E-state index in [-0.39, 0.29) is 12.4 Å². The third-order valence-corrected chi connectivity index (χ3v) is 2.93. The molecule has 0 saturated carbocycles. The van der Waals surface area contributed by atoms with E-state index in [2.05, 4.69) is 11.6 Å². The van der Waals surface area contributed by atoms with Crippen molar-refractivity contribution < 1.29 is 19.4 Å². The first kappa shape index (κ1) is 15.0. The van der Waals surface area contributed by atoms with Crippen molar-refractivity contribution >= 4 is 16.9 Å². The maximum Gasteiger partial charge on any atom is 0.335 e. The zero-order chi connectivity index (χ0) is 15.4. The Morgan fingerprint density at radius 1 is 1.43 bits per heavy atom. The van der Waals surface area contributed by atoms with Crippen LogP contribution in [-0.2, 0) is 20.9 Å². The minimum Gasteiger partial charge on any atom is -0.506 e. The zero-order valence-electron chi connectivity index (χ0n) is 12.0. The number of ether oxygens (including phenoxy) is 2. The number of nitrogens with zero attached hydrogens (tertiary/aromatic N) is 1. The molecule has 21 heavy (non-hydrogen) atoms. The number of rotatable bonds is 5. The Kier molecular flexibility index (Phi) is 4.55. The van der Waals surface area contributed by atoms with Crippen LogP contribution in [0, 0.1) is 0 Å². The van der Waals surface area contributed by atoms with E-state index in [4.69, 9.17) is 9.47 Å². The predicted molar refractivity (Wildman–Crippen MR) is 78.6 cm³/mol. The largest absolute Gasteiger partial charge is 0.506 e. The standard InChI is InChI=1S/C16H17NO4/c1-10(2)16(19)21-11(3)20-9-12-6-7-14(18)15-13(12)5-4-8-17-15/h4-8,11,18H,1,9H2,2-3H3. The van der Waals surface area contributed by atoms with Gasteiger partial charge in [-0.15, -0.1) is 0 Å². The molecule has 0 aliphatic carbocycles. The van der Waals surface area contributed by atoms with Gasteiger partial charge >= 0.3 is 5.97 Å². The topological polar surface area (TPSA) is 68.7 Å². The highest BCUT2D eigenvalue weighted by molar-refractivity contribution is 5.87. The normalized spacial score (nSPS) is 12.1. The van der Waals surface area contributed by atoms with Crippen LogP contribution in [0.25, 0.3) is 10.9 Å². The molecule has 0 fully saturated rings. The van der Waals surface area contributed by atoms with Gasteiger partial charge in [0.15, 0.2) is 0 Å². The molecule has 1 unspecified atom stereocenters. The van der Waals surface area contributed by atoms with Crippen LogP contribution in [0.3, 0.4) is 0 Å². The van der Waals surface area contributed by atoms with Gasteiger partial charge in [0.1, 0.15) is 11.3 Å². The van der Waals surface area contributed by atoms with Crippen molar-refractivity contribution in [2.45, 2.75) is 26.7 Å². The summed E-state index contributed by atoms with van der Waals surface area (Å²) >= 11 is 0. The number of phenols is 1. The Morgan fingerprint density at radius 2 is 2.19 bits per heavy atom. The molecule has 0 aliphatic rings. The number of carbonyl (C=O) groups excluding carboxylic acids is 1. The molecule has 0 amide bonds. The Balaban J connectivity index is 2.09. The predicted octanol–water partition coefficient (Wildman–Crippen LogP) is 2.92. The van der Waals surface area contributed by atoms with Crippen molar-refractivity contribution in [3.8, 4) is 5.75 Å². The first-order valence-electron chi connectivity index (χ1n) is 6.52. The van der Waals surface area contributed by atoms with Crippen LogP contribution in [0.5, 0.6) is 5.75 Å². The van der Waals surface area contributed by atoms with E-state index in [1.165, 1.54) is 0 Å². The SMILES string of the molecule is C=C(C)C(=O)OC(C)OCc1ccc(O)c2ncccc12. The van der Waals surface area contributed by atoms with E-state index < -0.39 is 12.3 Å². The van der Waals surface area contributed by atoms with Gasteiger partial charge in [-0.1, -0.05) is 18.7 Å². The lowest BCUT2D eigenvalue weighted by Gasteiger charge is -2.15. The van der Waals surface area contributed by atoms with Gasteiger partial charge in [0.2, 0.25) is 6.29 Å². The summed E-state index contributed by atoms with van der Waals surface area (Å²) in [6, 6.07) is 6.96. The number of fused-ring (bicyclic) bond motifs is 1. The average molecular weight is 287 g/mol. The van der Waals surface area contributed by atoms with Gasteiger partial charge in [-0.3, -0.25) is 4.98 Å². The molecule has 0 saturated heterocycles. The van der Waals surface area contributed by atoms with Crippen LogP contribution in [0.15, 0.2) is 42.6 Å². The van der Waals surface area contributed by atoms with E-state index in [1.807, 2.05) is 6.07 Å². The second kappa shape index (κ2) is 6.37. The maximum atomic E-state index is 11.4. The third kappa shape index (κ3) is 3.58. The number of esters is 1. The first-order chi connectivity index (χ1) is 9.99. The van der Waals surface area contributed by atoms with Gasteiger partial charge < -0.3 is 14.6 Å². The highest BCUT2D eigenvalue weighted by Crippen LogP contribution is 2.26. The summed E-state index contributed by atoms with van der Waals surface area (Å²) in [6.45, 7) is 6.97. The number of hydrogen-bond acceptors (Lipinski definition) is 5. The van der Waals surface area contributed by atoms with E-state index in [9.17, 15) is 9.90 Å². The Bertz CT molecular complexity index is 681. The molecule has 1 atom stereocenters. The van der Waals surface area contributed by atoms with Gasteiger partial charge in [-0.25, -0.2) is 4.79 Å². The Morgan fingerprint density at radius 3 is 2.90 bits per heavy atom. The van der Waals surface area contributed by atoms with Gasteiger partial charge in [0, 0.05) is 17.2 Å². The number of pyridine rings is 1. The summed E-state index contributed by atoms with van der Waals surface area (Å²) in [4.78, 5) is 15.5. The van der Waals surface area contributed by atoms with Crippen LogP contribution >= 0.6 is 0 Å². The molecule has 1 heterocycles. The van der Waals surface area contributed by atoms with Crippen molar-refractivity contribution in [2.75, 3.05) is 0 Å². The summed E-state index contributed by atoms with van der Waals surface area (Å²) in [5.74, 6) is -0.365. The molecule has 2 aromatic rings.